The fourth-order valence-electron chi connectivity index (χ4n) is 2.55. The second-order valence-corrected chi connectivity index (χ2v) is 5.31. The van der Waals surface area contributed by atoms with Crippen molar-refractivity contribution in [2.75, 3.05) is 0 Å². The Hall–Kier alpha value is -2.01. The fraction of sp³-hybridized carbons (Fsp3) is 0.375. The zero-order valence-corrected chi connectivity index (χ0v) is 12.7. The normalized spacial score (nSPS) is 14.0. The smallest absolute Gasteiger partial charge is 0.255 e. The Morgan fingerprint density at radius 3 is 2.33 bits per heavy atom. The lowest BCUT2D eigenvalue weighted by Gasteiger charge is -2.21. The molecule has 2 N–H and O–H groups in total. The minimum absolute atomic E-state index is 0.000651. The summed E-state index contributed by atoms with van der Waals surface area (Å²) < 4.78 is 12.9. The van der Waals surface area contributed by atoms with Crippen LogP contribution < -0.4 is 10.9 Å². The number of H-pyrrole nitrogens is 1. The third-order valence-electron chi connectivity index (χ3n) is 3.57. The van der Waals surface area contributed by atoms with E-state index < -0.39 is 0 Å². The third kappa shape index (κ3) is 3.55. The molecule has 0 aliphatic rings. The standard InChI is InChI=1S/C16H20FN3O/c1-9(13-5-7-14(17)8-6-13)18-10(2)15-11(3)19-12(4)20-16(15)21/h5-10,18H,1-4H3,(H,19,20,21)/t9-,10?/m0/s1. The molecule has 112 valence electrons. The van der Waals surface area contributed by atoms with Gasteiger partial charge in [-0.25, -0.2) is 9.37 Å². The zero-order valence-electron chi connectivity index (χ0n) is 12.7. The van der Waals surface area contributed by atoms with Gasteiger partial charge >= 0.3 is 0 Å². The van der Waals surface area contributed by atoms with Gasteiger partial charge in [-0.2, -0.15) is 0 Å². The number of hydrogen-bond acceptors (Lipinski definition) is 3. The molecule has 2 atom stereocenters. The monoisotopic (exact) mass is 289 g/mol. The van der Waals surface area contributed by atoms with Gasteiger partial charge in [0.1, 0.15) is 11.6 Å². The number of aryl methyl sites for hydroxylation is 2. The van der Waals surface area contributed by atoms with E-state index in [4.69, 9.17) is 0 Å². The van der Waals surface area contributed by atoms with Gasteiger partial charge < -0.3 is 10.3 Å². The second kappa shape index (κ2) is 6.18. The van der Waals surface area contributed by atoms with E-state index in [-0.39, 0.29) is 23.5 Å². The number of aromatic amines is 1. The zero-order chi connectivity index (χ0) is 15.6. The van der Waals surface area contributed by atoms with Gasteiger partial charge in [0.05, 0.1) is 5.56 Å². The molecule has 21 heavy (non-hydrogen) atoms. The van der Waals surface area contributed by atoms with Crippen molar-refractivity contribution in [2.24, 2.45) is 0 Å². The van der Waals surface area contributed by atoms with E-state index in [0.29, 0.717) is 11.4 Å². The first-order chi connectivity index (χ1) is 9.88. The summed E-state index contributed by atoms with van der Waals surface area (Å²) >= 11 is 0. The quantitative estimate of drug-likeness (QED) is 0.910. The highest BCUT2D eigenvalue weighted by Crippen LogP contribution is 2.19. The van der Waals surface area contributed by atoms with Gasteiger partial charge in [-0.05, 0) is 45.4 Å². The average Bonchev–Trinajstić information content (AvgIpc) is 2.37. The summed E-state index contributed by atoms with van der Waals surface area (Å²) in [7, 11) is 0. The van der Waals surface area contributed by atoms with Crippen LogP contribution in [0.25, 0.3) is 0 Å². The first-order valence-corrected chi connectivity index (χ1v) is 6.97. The molecule has 1 unspecified atom stereocenters. The van der Waals surface area contributed by atoms with E-state index >= 15 is 0 Å². The molecule has 0 saturated heterocycles. The Morgan fingerprint density at radius 1 is 1.14 bits per heavy atom. The van der Waals surface area contributed by atoms with Gasteiger partial charge in [0.2, 0.25) is 0 Å². The number of benzene rings is 1. The molecule has 2 aromatic rings. The van der Waals surface area contributed by atoms with Crippen molar-refractivity contribution >= 4 is 0 Å². The summed E-state index contributed by atoms with van der Waals surface area (Å²) in [4.78, 5) is 19.1. The van der Waals surface area contributed by atoms with Crippen LogP contribution >= 0.6 is 0 Å². The molecule has 0 fully saturated rings. The predicted molar refractivity (Wildman–Crippen MR) is 80.7 cm³/mol. The van der Waals surface area contributed by atoms with E-state index in [9.17, 15) is 9.18 Å². The molecule has 1 heterocycles. The average molecular weight is 289 g/mol. The van der Waals surface area contributed by atoms with Crippen LogP contribution in [-0.4, -0.2) is 9.97 Å². The summed E-state index contributed by atoms with van der Waals surface area (Å²) in [5.41, 5.74) is 2.21. The molecule has 0 aliphatic heterocycles. The van der Waals surface area contributed by atoms with Crippen molar-refractivity contribution in [2.45, 2.75) is 39.8 Å². The van der Waals surface area contributed by atoms with Gasteiger partial charge in [0.15, 0.2) is 0 Å². The summed E-state index contributed by atoms with van der Waals surface area (Å²) in [6, 6.07) is 6.20. The number of nitrogens with zero attached hydrogens (tertiary/aromatic N) is 1. The highest BCUT2D eigenvalue weighted by Gasteiger charge is 2.17. The molecule has 5 heteroatoms. The van der Waals surface area contributed by atoms with Crippen molar-refractivity contribution < 1.29 is 4.39 Å². The molecule has 2 rings (SSSR count). The van der Waals surface area contributed by atoms with E-state index in [1.54, 1.807) is 19.1 Å². The lowest BCUT2D eigenvalue weighted by Crippen LogP contribution is -2.29. The number of halogens is 1. The summed E-state index contributed by atoms with van der Waals surface area (Å²) in [5, 5.41) is 3.35. The SMILES string of the molecule is Cc1nc(C)c(C(C)N[C@@H](C)c2ccc(F)cc2)c(=O)[nH]1. The third-order valence-corrected chi connectivity index (χ3v) is 3.57. The molecular formula is C16H20FN3O. The highest BCUT2D eigenvalue weighted by molar-refractivity contribution is 5.23. The number of aromatic nitrogens is 2. The molecule has 1 aromatic carbocycles. The molecule has 1 aromatic heterocycles. The first-order valence-electron chi connectivity index (χ1n) is 6.97. The first kappa shape index (κ1) is 15.4. The molecule has 0 bridgehead atoms. The van der Waals surface area contributed by atoms with Crippen LogP contribution in [0.5, 0.6) is 0 Å². The van der Waals surface area contributed by atoms with Crippen molar-refractivity contribution in [3.05, 3.63) is 63.1 Å². The van der Waals surface area contributed by atoms with Crippen LogP contribution in [0.2, 0.25) is 0 Å². The largest absolute Gasteiger partial charge is 0.310 e. The lowest BCUT2D eigenvalue weighted by molar-refractivity contribution is 0.487. The van der Waals surface area contributed by atoms with Gasteiger partial charge in [-0.3, -0.25) is 4.79 Å². The Labute approximate surface area is 123 Å². The van der Waals surface area contributed by atoms with E-state index in [1.807, 2.05) is 20.8 Å². The summed E-state index contributed by atoms with van der Waals surface area (Å²) in [6.07, 6.45) is 0. The number of rotatable bonds is 4. The summed E-state index contributed by atoms with van der Waals surface area (Å²) in [6.45, 7) is 7.50. The van der Waals surface area contributed by atoms with Gasteiger partial charge in [0.25, 0.3) is 5.56 Å². The van der Waals surface area contributed by atoms with E-state index in [0.717, 1.165) is 11.3 Å². The molecular weight excluding hydrogens is 269 g/mol. The maximum absolute atomic E-state index is 12.9. The maximum Gasteiger partial charge on any atom is 0.255 e. The highest BCUT2D eigenvalue weighted by atomic mass is 19.1. The maximum atomic E-state index is 12.9. The summed E-state index contributed by atoms with van der Waals surface area (Å²) in [5.74, 6) is 0.356. The minimum Gasteiger partial charge on any atom is -0.310 e. The predicted octanol–water partition coefficient (Wildman–Crippen LogP) is 2.94. The van der Waals surface area contributed by atoms with Gasteiger partial charge in [-0.15, -0.1) is 0 Å². The van der Waals surface area contributed by atoms with E-state index in [2.05, 4.69) is 15.3 Å². The Morgan fingerprint density at radius 2 is 1.76 bits per heavy atom. The van der Waals surface area contributed by atoms with Crippen LogP contribution in [-0.2, 0) is 0 Å². The Bertz CT molecular complexity index is 679. The van der Waals surface area contributed by atoms with Crippen molar-refractivity contribution in [1.29, 1.82) is 0 Å². The molecule has 0 spiro atoms. The van der Waals surface area contributed by atoms with Crippen LogP contribution in [0, 0.1) is 19.7 Å². The molecule has 0 saturated carbocycles. The Kier molecular flexibility index (Phi) is 4.53. The van der Waals surface area contributed by atoms with Crippen LogP contribution in [0.1, 0.15) is 48.6 Å². The minimum atomic E-state index is -0.256. The fourth-order valence-corrected chi connectivity index (χ4v) is 2.55. The van der Waals surface area contributed by atoms with Crippen molar-refractivity contribution in [1.82, 2.24) is 15.3 Å². The van der Waals surface area contributed by atoms with Crippen molar-refractivity contribution in [3.63, 3.8) is 0 Å². The van der Waals surface area contributed by atoms with Gasteiger partial charge in [-0.1, -0.05) is 12.1 Å². The van der Waals surface area contributed by atoms with Crippen LogP contribution in [0.15, 0.2) is 29.1 Å². The molecule has 0 amide bonds. The molecule has 0 aliphatic carbocycles. The van der Waals surface area contributed by atoms with Gasteiger partial charge in [0, 0.05) is 17.8 Å². The molecule has 0 radical (unpaired) electrons. The number of hydrogen-bond donors (Lipinski definition) is 2. The van der Waals surface area contributed by atoms with Crippen molar-refractivity contribution in [3.8, 4) is 0 Å². The topological polar surface area (TPSA) is 57.8 Å². The number of nitrogens with one attached hydrogen (secondary N) is 2. The second-order valence-electron chi connectivity index (χ2n) is 5.31. The van der Waals surface area contributed by atoms with E-state index in [1.165, 1.54) is 12.1 Å². The lowest BCUT2D eigenvalue weighted by atomic mass is 10.0. The van der Waals surface area contributed by atoms with Crippen LogP contribution in [0.4, 0.5) is 4.39 Å². The Balaban J connectivity index is 2.20. The molecule has 4 nitrogen and oxygen atoms in total. The van der Waals surface area contributed by atoms with Crippen LogP contribution in [0.3, 0.4) is 0 Å².